The first-order chi connectivity index (χ1) is 14.2. The predicted molar refractivity (Wildman–Crippen MR) is 106 cm³/mol. The number of nitriles is 1. The number of alkyl halides is 3. The van der Waals surface area contributed by atoms with Crippen LogP contribution in [0, 0.1) is 18.3 Å². The zero-order valence-electron chi connectivity index (χ0n) is 15.8. The van der Waals surface area contributed by atoms with Gasteiger partial charge >= 0.3 is 11.0 Å². The quantitative estimate of drug-likeness (QED) is 0.661. The highest BCUT2D eigenvalue weighted by molar-refractivity contribution is 7.11. The molecule has 154 valence electrons. The summed E-state index contributed by atoms with van der Waals surface area (Å²) in [6, 6.07) is 13.7. The maximum absolute atomic E-state index is 13.2. The van der Waals surface area contributed by atoms with Gasteiger partial charge in [0.15, 0.2) is 0 Å². The number of rotatable bonds is 5. The van der Waals surface area contributed by atoms with E-state index in [1.165, 1.54) is 29.7 Å². The summed E-state index contributed by atoms with van der Waals surface area (Å²) in [6.07, 6.45) is -4.54. The van der Waals surface area contributed by atoms with Crippen LogP contribution >= 0.6 is 11.3 Å². The van der Waals surface area contributed by atoms with Gasteiger partial charge in [-0.05, 0) is 36.2 Å². The van der Waals surface area contributed by atoms with E-state index in [1.54, 1.807) is 24.3 Å². The molecule has 30 heavy (non-hydrogen) atoms. The van der Waals surface area contributed by atoms with Crippen molar-refractivity contribution in [3.8, 4) is 6.07 Å². The van der Waals surface area contributed by atoms with Crippen LogP contribution in [0.15, 0.2) is 53.3 Å². The second-order valence-electron chi connectivity index (χ2n) is 6.51. The van der Waals surface area contributed by atoms with Crippen molar-refractivity contribution in [1.82, 2.24) is 9.88 Å². The Morgan fingerprint density at radius 1 is 1.17 bits per heavy atom. The van der Waals surface area contributed by atoms with E-state index in [0.717, 1.165) is 11.6 Å². The molecule has 0 aliphatic heterocycles. The molecule has 0 radical (unpaired) electrons. The number of halogens is 3. The number of nitrogens with zero attached hydrogens (tertiary/aromatic N) is 2. The topological polar surface area (TPSA) is 74.9 Å². The van der Waals surface area contributed by atoms with Crippen LogP contribution in [0.4, 0.5) is 13.2 Å². The Hall–Kier alpha value is -3.38. The lowest BCUT2D eigenvalue weighted by molar-refractivity contribution is -0.138. The molecule has 1 aromatic heterocycles. The maximum Gasteiger partial charge on any atom is 0.416 e. The molecule has 3 aromatic rings. The summed E-state index contributed by atoms with van der Waals surface area (Å²) in [5, 5.41) is 11.5. The number of benzene rings is 2. The zero-order valence-corrected chi connectivity index (χ0v) is 16.6. The Morgan fingerprint density at radius 2 is 1.83 bits per heavy atom. The summed E-state index contributed by atoms with van der Waals surface area (Å²) in [5.74, 6) is -0.484. The largest absolute Gasteiger partial charge is 0.416 e. The highest BCUT2D eigenvalue weighted by Crippen LogP contribution is 2.32. The third-order valence-corrected chi connectivity index (χ3v) is 5.62. The number of hydrogen-bond donors (Lipinski definition) is 1. The standard InChI is InChI=1S/C21H16F3N3O2S/c1-13-18(19(28)26-11-15-8-6-14(10-25)7-9-15)30-20(29)27(13)12-16-4-2-3-5-17(16)21(22,23)24/h2-9H,11-12H2,1H3,(H,26,28). The SMILES string of the molecule is Cc1c(C(=O)NCc2ccc(C#N)cc2)sc(=O)n1Cc1ccccc1C(F)(F)F. The molecular formula is C21H16F3N3O2S. The molecule has 3 rings (SSSR count). The van der Waals surface area contributed by atoms with E-state index in [-0.39, 0.29) is 23.5 Å². The van der Waals surface area contributed by atoms with Crippen LogP contribution in [-0.2, 0) is 19.3 Å². The third-order valence-electron chi connectivity index (χ3n) is 4.54. The van der Waals surface area contributed by atoms with Gasteiger partial charge in [0.05, 0.1) is 23.7 Å². The highest BCUT2D eigenvalue weighted by atomic mass is 32.1. The van der Waals surface area contributed by atoms with Crippen LogP contribution in [0.25, 0.3) is 0 Å². The minimum atomic E-state index is -4.54. The van der Waals surface area contributed by atoms with E-state index in [1.807, 2.05) is 6.07 Å². The molecule has 2 aromatic carbocycles. The Morgan fingerprint density at radius 3 is 2.47 bits per heavy atom. The summed E-state index contributed by atoms with van der Waals surface area (Å²) in [4.78, 5) is 24.5. The van der Waals surface area contributed by atoms with Crippen LogP contribution in [0.2, 0.25) is 0 Å². The zero-order chi connectivity index (χ0) is 21.9. The molecule has 0 fully saturated rings. The van der Waals surface area contributed by atoms with Crippen molar-refractivity contribution in [2.75, 3.05) is 0 Å². The number of aromatic nitrogens is 1. The lowest BCUT2D eigenvalue weighted by Crippen LogP contribution is -2.23. The predicted octanol–water partition coefficient (Wildman–Crippen LogP) is 4.09. The van der Waals surface area contributed by atoms with Crippen molar-refractivity contribution < 1.29 is 18.0 Å². The molecule has 0 bridgehead atoms. The Kier molecular flexibility index (Phi) is 6.08. The van der Waals surface area contributed by atoms with Crippen molar-refractivity contribution in [1.29, 1.82) is 5.26 Å². The van der Waals surface area contributed by atoms with E-state index < -0.39 is 22.5 Å². The number of carbonyl (C=O) groups excluding carboxylic acids is 1. The molecule has 1 amide bonds. The monoisotopic (exact) mass is 431 g/mol. The Labute approximate surface area is 174 Å². The summed E-state index contributed by atoms with van der Waals surface area (Å²) < 4.78 is 40.9. The van der Waals surface area contributed by atoms with Gasteiger partial charge in [-0.1, -0.05) is 41.7 Å². The van der Waals surface area contributed by atoms with Crippen LogP contribution in [-0.4, -0.2) is 10.5 Å². The lowest BCUT2D eigenvalue weighted by atomic mass is 10.1. The van der Waals surface area contributed by atoms with Crippen molar-refractivity contribution in [3.05, 3.63) is 91.0 Å². The van der Waals surface area contributed by atoms with Crippen molar-refractivity contribution in [3.63, 3.8) is 0 Å². The second kappa shape index (κ2) is 8.55. The van der Waals surface area contributed by atoms with E-state index in [0.29, 0.717) is 22.6 Å². The van der Waals surface area contributed by atoms with E-state index >= 15 is 0 Å². The van der Waals surface area contributed by atoms with Crippen LogP contribution in [0.1, 0.15) is 37.6 Å². The fourth-order valence-electron chi connectivity index (χ4n) is 2.93. The van der Waals surface area contributed by atoms with Crippen molar-refractivity contribution >= 4 is 17.2 Å². The third kappa shape index (κ3) is 4.60. The van der Waals surface area contributed by atoms with Gasteiger partial charge in [0.1, 0.15) is 4.88 Å². The molecule has 1 heterocycles. The molecule has 0 spiro atoms. The van der Waals surface area contributed by atoms with Gasteiger partial charge in [0.25, 0.3) is 5.91 Å². The van der Waals surface area contributed by atoms with Crippen LogP contribution in [0.3, 0.4) is 0 Å². The number of hydrogen-bond acceptors (Lipinski definition) is 4. The molecule has 0 unspecified atom stereocenters. The van der Waals surface area contributed by atoms with Gasteiger partial charge in [-0.15, -0.1) is 0 Å². The number of carbonyl (C=O) groups is 1. The molecule has 0 aliphatic carbocycles. The molecule has 1 N–H and O–H groups in total. The lowest BCUT2D eigenvalue weighted by Gasteiger charge is -2.13. The Bertz CT molecular complexity index is 1170. The summed E-state index contributed by atoms with van der Waals surface area (Å²) in [6.45, 7) is 1.44. The minimum Gasteiger partial charge on any atom is -0.347 e. The number of thiazole rings is 1. The van der Waals surface area contributed by atoms with Gasteiger partial charge in [-0.25, -0.2) is 0 Å². The summed E-state index contributed by atoms with van der Waals surface area (Å²) >= 11 is 0.694. The van der Waals surface area contributed by atoms with Crippen LogP contribution < -0.4 is 10.2 Å². The molecule has 0 saturated carbocycles. The first kappa shape index (κ1) is 21.3. The number of amides is 1. The van der Waals surface area contributed by atoms with Gasteiger partial charge in [-0.3, -0.25) is 14.2 Å². The van der Waals surface area contributed by atoms with Gasteiger partial charge < -0.3 is 5.32 Å². The van der Waals surface area contributed by atoms with E-state index in [9.17, 15) is 22.8 Å². The normalized spacial score (nSPS) is 11.2. The highest BCUT2D eigenvalue weighted by Gasteiger charge is 2.33. The maximum atomic E-state index is 13.2. The van der Waals surface area contributed by atoms with Crippen molar-refractivity contribution in [2.45, 2.75) is 26.2 Å². The smallest absolute Gasteiger partial charge is 0.347 e. The van der Waals surface area contributed by atoms with E-state index in [4.69, 9.17) is 5.26 Å². The van der Waals surface area contributed by atoms with Gasteiger partial charge in [0, 0.05) is 12.2 Å². The van der Waals surface area contributed by atoms with E-state index in [2.05, 4.69) is 5.32 Å². The molecule has 5 nitrogen and oxygen atoms in total. The molecular weight excluding hydrogens is 415 g/mol. The first-order valence-corrected chi connectivity index (χ1v) is 9.65. The molecule has 0 saturated heterocycles. The fourth-order valence-corrected chi connectivity index (χ4v) is 3.84. The van der Waals surface area contributed by atoms with Gasteiger partial charge in [0.2, 0.25) is 0 Å². The molecule has 0 atom stereocenters. The average molecular weight is 431 g/mol. The summed E-state index contributed by atoms with van der Waals surface area (Å²) in [7, 11) is 0. The fraction of sp³-hybridized carbons (Fsp3) is 0.190. The second-order valence-corrected chi connectivity index (χ2v) is 7.48. The average Bonchev–Trinajstić information content (AvgIpc) is 3.00. The van der Waals surface area contributed by atoms with Gasteiger partial charge in [-0.2, -0.15) is 18.4 Å². The van der Waals surface area contributed by atoms with Crippen molar-refractivity contribution in [2.24, 2.45) is 0 Å². The van der Waals surface area contributed by atoms with Crippen LogP contribution in [0.5, 0.6) is 0 Å². The number of nitrogens with one attached hydrogen (secondary N) is 1. The molecule has 0 aliphatic rings. The first-order valence-electron chi connectivity index (χ1n) is 8.83. The Balaban J connectivity index is 1.79. The minimum absolute atomic E-state index is 0.0439. The molecule has 9 heteroatoms. The summed E-state index contributed by atoms with van der Waals surface area (Å²) in [5.41, 5.74) is 0.715.